The highest BCUT2D eigenvalue weighted by Gasteiger charge is 2.02. The highest BCUT2D eigenvalue weighted by molar-refractivity contribution is 5.22. The Labute approximate surface area is 94.7 Å². The van der Waals surface area contributed by atoms with Gasteiger partial charge < -0.3 is 0 Å². The standard InChI is InChI=1S/C15H24/c1-4-5-7-13(2)10-11-15-9-6-8-14(3)12-15/h6,8-9,12-13H,4-5,7,10-11H2,1-3H3. The smallest absolute Gasteiger partial charge is 0.0276 e. The highest BCUT2D eigenvalue weighted by atomic mass is 14.1. The number of aryl methyl sites for hydroxylation is 2. The van der Waals surface area contributed by atoms with Gasteiger partial charge >= 0.3 is 0 Å². The molecule has 0 radical (unpaired) electrons. The van der Waals surface area contributed by atoms with Gasteiger partial charge in [0, 0.05) is 0 Å². The van der Waals surface area contributed by atoms with E-state index in [-0.39, 0.29) is 0 Å². The molecule has 0 heterocycles. The average molecular weight is 204 g/mol. The zero-order valence-corrected chi connectivity index (χ0v) is 10.4. The number of rotatable bonds is 6. The van der Waals surface area contributed by atoms with Crippen molar-refractivity contribution in [2.45, 2.75) is 52.9 Å². The summed E-state index contributed by atoms with van der Waals surface area (Å²) < 4.78 is 0. The van der Waals surface area contributed by atoms with E-state index in [2.05, 4.69) is 45.0 Å². The van der Waals surface area contributed by atoms with Gasteiger partial charge in [0.2, 0.25) is 0 Å². The Kier molecular flexibility index (Phi) is 5.45. The minimum absolute atomic E-state index is 0.880. The van der Waals surface area contributed by atoms with Crippen molar-refractivity contribution in [1.82, 2.24) is 0 Å². The molecule has 1 unspecified atom stereocenters. The van der Waals surface area contributed by atoms with Crippen molar-refractivity contribution < 1.29 is 0 Å². The van der Waals surface area contributed by atoms with Crippen LogP contribution in [0.15, 0.2) is 24.3 Å². The van der Waals surface area contributed by atoms with Gasteiger partial charge in [0.25, 0.3) is 0 Å². The van der Waals surface area contributed by atoms with Crippen molar-refractivity contribution in [1.29, 1.82) is 0 Å². The van der Waals surface area contributed by atoms with Gasteiger partial charge in [-0.25, -0.2) is 0 Å². The molecule has 0 bridgehead atoms. The fourth-order valence-corrected chi connectivity index (χ4v) is 1.98. The Morgan fingerprint density at radius 3 is 2.67 bits per heavy atom. The summed E-state index contributed by atoms with van der Waals surface area (Å²) in [6, 6.07) is 8.90. The lowest BCUT2D eigenvalue weighted by Crippen LogP contribution is -1.97. The summed E-state index contributed by atoms with van der Waals surface area (Å²) in [5, 5.41) is 0. The maximum atomic E-state index is 2.38. The molecular weight excluding hydrogens is 180 g/mol. The SMILES string of the molecule is CCCCC(C)CCc1cccc(C)c1. The second-order valence-corrected chi connectivity index (χ2v) is 4.78. The molecule has 1 atom stereocenters. The first-order chi connectivity index (χ1) is 7.22. The summed E-state index contributed by atoms with van der Waals surface area (Å²) in [5.74, 6) is 0.880. The van der Waals surface area contributed by atoms with E-state index >= 15 is 0 Å². The second kappa shape index (κ2) is 6.66. The monoisotopic (exact) mass is 204 g/mol. The van der Waals surface area contributed by atoms with E-state index < -0.39 is 0 Å². The molecule has 0 heteroatoms. The molecule has 0 saturated heterocycles. The molecule has 0 aliphatic heterocycles. The fraction of sp³-hybridized carbons (Fsp3) is 0.600. The van der Waals surface area contributed by atoms with Crippen LogP contribution in [0.4, 0.5) is 0 Å². The Hall–Kier alpha value is -0.780. The molecule has 1 aromatic carbocycles. The number of unbranched alkanes of at least 4 members (excludes halogenated alkanes) is 1. The average Bonchev–Trinajstić information content (AvgIpc) is 2.23. The van der Waals surface area contributed by atoms with Crippen molar-refractivity contribution in [3.05, 3.63) is 35.4 Å². The van der Waals surface area contributed by atoms with Crippen molar-refractivity contribution >= 4 is 0 Å². The minimum Gasteiger partial charge on any atom is -0.0654 e. The molecule has 0 aliphatic rings. The Morgan fingerprint density at radius 1 is 1.20 bits per heavy atom. The van der Waals surface area contributed by atoms with Crippen molar-refractivity contribution in [2.24, 2.45) is 5.92 Å². The maximum absolute atomic E-state index is 2.38. The first kappa shape index (κ1) is 12.3. The normalized spacial score (nSPS) is 12.7. The van der Waals surface area contributed by atoms with Crippen LogP contribution in [-0.4, -0.2) is 0 Å². The van der Waals surface area contributed by atoms with Gasteiger partial charge in [-0.1, -0.05) is 62.9 Å². The summed E-state index contributed by atoms with van der Waals surface area (Å²) in [7, 11) is 0. The Morgan fingerprint density at radius 2 is 2.00 bits per heavy atom. The molecule has 0 N–H and O–H groups in total. The van der Waals surface area contributed by atoms with Crippen LogP contribution in [-0.2, 0) is 6.42 Å². The molecule has 15 heavy (non-hydrogen) atoms. The molecule has 0 fully saturated rings. The van der Waals surface area contributed by atoms with E-state index in [1.807, 2.05) is 0 Å². The van der Waals surface area contributed by atoms with E-state index in [0.29, 0.717) is 0 Å². The van der Waals surface area contributed by atoms with Crippen molar-refractivity contribution in [3.8, 4) is 0 Å². The van der Waals surface area contributed by atoms with E-state index in [1.54, 1.807) is 0 Å². The molecule has 0 spiro atoms. The fourth-order valence-electron chi connectivity index (χ4n) is 1.98. The molecule has 0 amide bonds. The first-order valence-corrected chi connectivity index (χ1v) is 6.28. The zero-order chi connectivity index (χ0) is 11.1. The van der Waals surface area contributed by atoms with Gasteiger partial charge in [-0.05, 0) is 31.2 Å². The van der Waals surface area contributed by atoms with Crippen LogP contribution >= 0.6 is 0 Å². The third-order valence-corrected chi connectivity index (χ3v) is 3.06. The van der Waals surface area contributed by atoms with E-state index in [0.717, 1.165) is 5.92 Å². The molecule has 0 saturated carbocycles. The van der Waals surface area contributed by atoms with Crippen molar-refractivity contribution in [3.63, 3.8) is 0 Å². The third-order valence-electron chi connectivity index (χ3n) is 3.06. The van der Waals surface area contributed by atoms with Crippen LogP contribution in [0.5, 0.6) is 0 Å². The molecule has 0 nitrogen and oxygen atoms in total. The first-order valence-electron chi connectivity index (χ1n) is 6.28. The van der Waals surface area contributed by atoms with Crippen molar-refractivity contribution in [2.75, 3.05) is 0 Å². The van der Waals surface area contributed by atoms with Crippen LogP contribution in [0.3, 0.4) is 0 Å². The highest BCUT2D eigenvalue weighted by Crippen LogP contribution is 2.15. The molecule has 0 aromatic heterocycles. The van der Waals surface area contributed by atoms with Gasteiger partial charge in [0.05, 0.1) is 0 Å². The lowest BCUT2D eigenvalue weighted by atomic mass is 9.96. The molecule has 1 rings (SSSR count). The summed E-state index contributed by atoms with van der Waals surface area (Å²) in [5.41, 5.74) is 2.88. The Bertz CT molecular complexity index is 275. The van der Waals surface area contributed by atoms with Gasteiger partial charge in [-0.15, -0.1) is 0 Å². The summed E-state index contributed by atoms with van der Waals surface area (Å²) in [6.45, 7) is 6.82. The molecule has 84 valence electrons. The van der Waals surface area contributed by atoms with Gasteiger partial charge in [-0.2, -0.15) is 0 Å². The van der Waals surface area contributed by atoms with Gasteiger partial charge in [0.1, 0.15) is 0 Å². The van der Waals surface area contributed by atoms with Crippen LogP contribution in [0.1, 0.15) is 50.7 Å². The number of hydrogen-bond acceptors (Lipinski definition) is 0. The molecule has 0 aliphatic carbocycles. The molecule has 1 aromatic rings. The summed E-state index contributed by atoms with van der Waals surface area (Å²) in [4.78, 5) is 0. The van der Waals surface area contributed by atoms with Crippen LogP contribution in [0, 0.1) is 12.8 Å². The minimum atomic E-state index is 0.880. The summed E-state index contributed by atoms with van der Waals surface area (Å²) in [6.07, 6.45) is 6.68. The largest absolute Gasteiger partial charge is 0.0654 e. The van der Waals surface area contributed by atoms with E-state index in [9.17, 15) is 0 Å². The maximum Gasteiger partial charge on any atom is -0.0276 e. The van der Waals surface area contributed by atoms with E-state index in [4.69, 9.17) is 0 Å². The molecular formula is C15H24. The zero-order valence-electron chi connectivity index (χ0n) is 10.4. The predicted molar refractivity (Wildman–Crippen MR) is 68.2 cm³/mol. The second-order valence-electron chi connectivity index (χ2n) is 4.78. The van der Waals surface area contributed by atoms with Crippen LogP contribution < -0.4 is 0 Å². The third kappa shape index (κ3) is 5.01. The number of benzene rings is 1. The van der Waals surface area contributed by atoms with Gasteiger partial charge in [-0.3, -0.25) is 0 Å². The number of hydrogen-bond donors (Lipinski definition) is 0. The lowest BCUT2D eigenvalue weighted by molar-refractivity contribution is 0.472. The van der Waals surface area contributed by atoms with Crippen LogP contribution in [0.2, 0.25) is 0 Å². The predicted octanol–water partition coefficient (Wildman–Crippen LogP) is 4.75. The van der Waals surface area contributed by atoms with Crippen LogP contribution in [0.25, 0.3) is 0 Å². The lowest BCUT2D eigenvalue weighted by Gasteiger charge is -2.10. The van der Waals surface area contributed by atoms with Gasteiger partial charge in [0.15, 0.2) is 0 Å². The topological polar surface area (TPSA) is 0 Å². The Balaban J connectivity index is 2.30. The quantitative estimate of drug-likeness (QED) is 0.627. The summed E-state index contributed by atoms with van der Waals surface area (Å²) >= 11 is 0. The van der Waals surface area contributed by atoms with E-state index in [1.165, 1.54) is 43.2 Å².